The quantitative estimate of drug-likeness (QED) is 0.594. The lowest BCUT2D eigenvalue weighted by atomic mass is 10.0. The average Bonchev–Trinajstić information content (AvgIpc) is 2.73. The topological polar surface area (TPSA) is 83.2 Å². The summed E-state index contributed by atoms with van der Waals surface area (Å²) in [5.74, 6) is 1.56. The number of methoxy groups -OCH3 is 2. The second-order valence-corrected chi connectivity index (χ2v) is 5.97. The van der Waals surface area contributed by atoms with Gasteiger partial charge < -0.3 is 15.2 Å². The molecule has 0 fully saturated rings. The zero-order valence-electron chi connectivity index (χ0n) is 15.0. The number of hydrogen-bond acceptors (Lipinski definition) is 6. The van der Waals surface area contributed by atoms with Crippen molar-refractivity contribution in [2.24, 2.45) is 0 Å². The number of nitrogens with two attached hydrogens (primary N) is 1. The molecule has 4 rings (SSSR count). The van der Waals surface area contributed by atoms with Crippen molar-refractivity contribution >= 4 is 16.7 Å². The van der Waals surface area contributed by atoms with Crippen molar-refractivity contribution in [3.8, 4) is 34.0 Å². The molecule has 0 aliphatic carbocycles. The lowest BCUT2D eigenvalue weighted by Gasteiger charge is -2.12. The lowest BCUT2D eigenvalue weighted by Crippen LogP contribution is -1.99. The van der Waals surface area contributed by atoms with E-state index in [1.54, 1.807) is 26.6 Å². The van der Waals surface area contributed by atoms with E-state index in [1.807, 2.05) is 48.5 Å². The average molecular weight is 358 g/mol. The highest BCUT2D eigenvalue weighted by atomic mass is 16.5. The number of nitrogens with zero attached hydrogens (tertiary/aromatic N) is 3. The number of hydrogen-bond donors (Lipinski definition) is 1. The van der Waals surface area contributed by atoms with E-state index in [-0.39, 0.29) is 0 Å². The van der Waals surface area contributed by atoms with Crippen molar-refractivity contribution in [2.75, 3.05) is 20.0 Å². The fraction of sp³-hybridized carbons (Fsp3) is 0.0952. The number of aromatic nitrogens is 3. The van der Waals surface area contributed by atoms with Gasteiger partial charge in [-0.05, 0) is 48.5 Å². The molecule has 0 aliphatic heterocycles. The number of pyridine rings is 1. The van der Waals surface area contributed by atoms with Crippen LogP contribution in [0.2, 0.25) is 0 Å². The van der Waals surface area contributed by atoms with Gasteiger partial charge in [0.15, 0.2) is 0 Å². The van der Waals surface area contributed by atoms with Gasteiger partial charge in [-0.3, -0.25) is 4.98 Å². The zero-order chi connectivity index (χ0) is 18.8. The number of benzene rings is 2. The molecule has 2 N–H and O–H groups in total. The molecule has 0 unspecified atom stereocenters. The van der Waals surface area contributed by atoms with Crippen LogP contribution in [0, 0.1) is 0 Å². The predicted molar refractivity (Wildman–Crippen MR) is 106 cm³/mol. The van der Waals surface area contributed by atoms with Gasteiger partial charge in [0.1, 0.15) is 22.5 Å². The second kappa shape index (κ2) is 6.92. The number of ether oxygens (including phenoxy) is 2. The first kappa shape index (κ1) is 16.8. The van der Waals surface area contributed by atoms with Crippen LogP contribution in [0.3, 0.4) is 0 Å². The summed E-state index contributed by atoms with van der Waals surface area (Å²) in [6.45, 7) is 0. The van der Waals surface area contributed by atoms with Crippen molar-refractivity contribution in [2.45, 2.75) is 0 Å². The Labute approximate surface area is 156 Å². The van der Waals surface area contributed by atoms with Gasteiger partial charge in [-0.25, -0.2) is 9.97 Å². The maximum absolute atomic E-state index is 6.07. The van der Waals surface area contributed by atoms with E-state index < -0.39 is 0 Å². The Morgan fingerprint density at radius 1 is 0.704 bits per heavy atom. The van der Waals surface area contributed by atoms with Gasteiger partial charge in [0.25, 0.3) is 0 Å². The molecule has 6 nitrogen and oxygen atoms in total. The van der Waals surface area contributed by atoms with Crippen LogP contribution < -0.4 is 15.2 Å². The summed E-state index contributed by atoms with van der Waals surface area (Å²) in [5.41, 5.74) is 11.2. The number of fused-ring (bicyclic) bond motifs is 1. The minimum atomic E-state index is 0.496. The van der Waals surface area contributed by atoms with Gasteiger partial charge in [-0.2, -0.15) is 0 Å². The molecular weight excluding hydrogens is 340 g/mol. The van der Waals surface area contributed by atoms with Gasteiger partial charge >= 0.3 is 0 Å². The van der Waals surface area contributed by atoms with E-state index in [4.69, 9.17) is 25.2 Å². The molecule has 0 radical (unpaired) electrons. The minimum absolute atomic E-state index is 0.496. The Morgan fingerprint density at radius 3 is 1.74 bits per heavy atom. The summed E-state index contributed by atoms with van der Waals surface area (Å²) in [7, 11) is 3.28. The van der Waals surface area contributed by atoms with E-state index in [1.165, 1.54) is 0 Å². The fourth-order valence-corrected chi connectivity index (χ4v) is 2.90. The Kier molecular flexibility index (Phi) is 4.30. The van der Waals surface area contributed by atoms with Crippen LogP contribution in [-0.4, -0.2) is 29.2 Å². The first-order chi connectivity index (χ1) is 13.2. The Bertz CT molecular complexity index is 1090. The van der Waals surface area contributed by atoms with Crippen LogP contribution in [0.15, 0.2) is 60.9 Å². The molecular formula is C21H18N4O2. The summed E-state index contributed by atoms with van der Waals surface area (Å²) in [6, 6.07) is 15.4. The Morgan fingerprint density at radius 2 is 1.22 bits per heavy atom. The van der Waals surface area contributed by atoms with E-state index in [9.17, 15) is 0 Å². The summed E-state index contributed by atoms with van der Waals surface area (Å²) < 4.78 is 10.5. The van der Waals surface area contributed by atoms with E-state index >= 15 is 0 Å². The molecule has 0 bridgehead atoms. The SMILES string of the molecule is COc1ccc(-c2nc3cncc(N)c3nc2-c2ccc(OC)cc2)cc1. The molecule has 0 saturated carbocycles. The van der Waals surface area contributed by atoms with Crippen LogP contribution in [0.1, 0.15) is 0 Å². The number of nitrogen functional groups attached to an aromatic ring is 1. The highest BCUT2D eigenvalue weighted by Gasteiger charge is 2.15. The molecule has 2 aromatic carbocycles. The largest absolute Gasteiger partial charge is 0.497 e. The van der Waals surface area contributed by atoms with E-state index in [0.717, 1.165) is 34.0 Å². The second-order valence-electron chi connectivity index (χ2n) is 5.97. The maximum atomic E-state index is 6.07. The number of anilines is 1. The zero-order valence-corrected chi connectivity index (χ0v) is 15.0. The third-order valence-corrected chi connectivity index (χ3v) is 4.33. The third kappa shape index (κ3) is 3.13. The minimum Gasteiger partial charge on any atom is -0.497 e. The summed E-state index contributed by atoms with van der Waals surface area (Å²) >= 11 is 0. The third-order valence-electron chi connectivity index (χ3n) is 4.33. The molecule has 0 spiro atoms. The lowest BCUT2D eigenvalue weighted by molar-refractivity contribution is 0.414. The van der Waals surface area contributed by atoms with Crippen molar-refractivity contribution in [3.05, 3.63) is 60.9 Å². The van der Waals surface area contributed by atoms with Gasteiger partial charge in [-0.15, -0.1) is 0 Å². The Balaban J connectivity index is 1.96. The van der Waals surface area contributed by atoms with Crippen molar-refractivity contribution in [3.63, 3.8) is 0 Å². The van der Waals surface area contributed by atoms with Crippen LogP contribution in [0.4, 0.5) is 5.69 Å². The molecule has 0 aliphatic rings. The monoisotopic (exact) mass is 358 g/mol. The van der Waals surface area contributed by atoms with Crippen LogP contribution >= 0.6 is 0 Å². The van der Waals surface area contributed by atoms with Crippen molar-refractivity contribution in [1.29, 1.82) is 0 Å². The summed E-state index contributed by atoms with van der Waals surface area (Å²) in [4.78, 5) is 13.8. The molecule has 27 heavy (non-hydrogen) atoms. The normalized spacial score (nSPS) is 10.7. The molecule has 0 amide bonds. The van der Waals surface area contributed by atoms with Crippen molar-refractivity contribution in [1.82, 2.24) is 15.0 Å². The van der Waals surface area contributed by atoms with Crippen LogP contribution in [-0.2, 0) is 0 Å². The van der Waals surface area contributed by atoms with Gasteiger partial charge in [0.2, 0.25) is 0 Å². The summed E-state index contributed by atoms with van der Waals surface area (Å²) in [5, 5.41) is 0. The molecule has 6 heteroatoms. The molecule has 4 aromatic rings. The van der Waals surface area contributed by atoms with E-state index in [2.05, 4.69) is 4.98 Å². The fourth-order valence-electron chi connectivity index (χ4n) is 2.90. The molecule has 2 aromatic heterocycles. The Hall–Kier alpha value is -3.67. The van der Waals surface area contributed by atoms with Crippen molar-refractivity contribution < 1.29 is 9.47 Å². The number of rotatable bonds is 4. The predicted octanol–water partition coefficient (Wildman–Crippen LogP) is 3.96. The molecule has 134 valence electrons. The van der Waals surface area contributed by atoms with Crippen LogP contribution in [0.25, 0.3) is 33.5 Å². The van der Waals surface area contributed by atoms with Gasteiger partial charge in [0.05, 0.1) is 43.7 Å². The highest BCUT2D eigenvalue weighted by molar-refractivity contribution is 5.91. The van der Waals surface area contributed by atoms with Gasteiger partial charge in [0, 0.05) is 11.1 Å². The van der Waals surface area contributed by atoms with Gasteiger partial charge in [-0.1, -0.05) is 0 Å². The first-order valence-electron chi connectivity index (χ1n) is 8.39. The first-order valence-corrected chi connectivity index (χ1v) is 8.39. The summed E-state index contributed by atoms with van der Waals surface area (Å²) in [6.07, 6.45) is 3.26. The molecule has 0 saturated heterocycles. The standard InChI is InChI=1S/C21H18N4O2/c1-26-15-7-3-13(4-8-15)19-20(14-5-9-16(27-2)10-6-14)25-21-17(22)11-23-12-18(21)24-19/h3-12H,22H2,1-2H3. The van der Waals surface area contributed by atoms with Crippen LogP contribution in [0.5, 0.6) is 11.5 Å². The smallest absolute Gasteiger partial charge is 0.118 e. The highest BCUT2D eigenvalue weighted by Crippen LogP contribution is 2.33. The molecule has 0 atom stereocenters. The molecule has 2 heterocycles. The maximum Gasteiger partial charge on any atom is 0.118 e. The van der Waals surface area contributed by atoms with E-state index in [0.29, 0.717) is 16.7 Å².